The minimum absolute atomic E-state index is 0.0716. The molecule has 30 heavy (non-hydrogen) atoms. The molecule has 8 heteroatoms. The topological polar surface area (TPSA) is 78.3 Å². The number of carbonyl (C=O) groups is 1. The van der Waals surface area contributed by atoms with Crippen LogP contribution in [-0.2, 0) is 4.79 Å². The molecule has 1 N–H and O–H groups in total. The normalized spacial score (nSPS) is 17.0. The summed E-state index contributed by atoms with van der Waals surface area (Å²) in [5.41, 5.74) is 0.930. The first-order chi connectivity index (χ1) is 14.6. The molecule has 1 aromatic heterocycles. The first-order valence-corrected chi connectivity index (χ1v) is 11.9. The van der Waals surface area contributed by atoms with Gasteiger partial charge in [-0.25, -0.2) is 0 Å². The second kappa shape index (κ2) is 9.73. The molecule has 1 aromatic carbocycles. The lowest BCUT2D eigenvalue weighted by Crippen LogP contribution is -2.37. The Balaban J connectivity index is 1.48. The molecule has 162 valence electrons. The highest BCUT2D eigenvalue weighted by Gasteiger charge is 2.21. The van der Waals surface area contributed by atoms with Crippen molar-refractivity contribution in [3.8, 4) is 22.9 Å². The maximum absolute atomic E-state index is 12.4. The lowest BCUT2D eigenvalue weighted by Gasteiger charge is -2.22. The van der Waals surface area contributed by atoms with Gasteiger partial charge in [0.05, 0.1) is 19.0 Å². The van der Waals surface area contributed by atoms with E-state index in [1.54, 1.807) is 0 Å². The Hall–Kier alpha value is -2.22. The fourth-order valence-corrected chi connectivity index (χ4v) is 4.86. The summed E-state index contributed by atoms with van der Waals surface area (Å²) in [7, 11) is 0. The Morgan fingerprint density at radius 3 is 2.67 bits per heavy atom. The molecular weight excluding hydrogens is 400 g/mol. The molecule has 7 nitrogen and oxygen atoms in total. The van der Waals surface area contributed by atoms with Crippen molar-refractivity contribution in [2.45, 2.75) is 69.6 Å². The third kappa shape index (κ3) is 4.91. The molecule has 0 radical (unpaired) electrons. The zero-order valence-corrected chi connectivity index (χ0v) is 18.5. The predicted molar refractivity (Wildman–Crippen MR) is 117 cm³/mol. The number of hydrogen-bond acceptors (Lipinski definition) is 6. The number of thioether (sulfide) groups is 1. The van der Waals surface area contributed by atoms with E-state index in [0.29, 0.717) is 25.0 Å². The van der Waals surface area contributed by atoms with Crippen molar-refractivity contribution < 1.29 is 14.3 Å². The van der Waals surface area contributed by atoms with Gasteiger partial charge in [-0.3, -0.25) is 9.36 Å². The molecule has 2 heterocycles. The van der Waals surface area contributed by atoms with Gasteiger partial charge in [-0.05, 0) is 44.9 Å². The molecule has 0 spiro atoms. The van der Waals surface area contributed by atoms with Crippen LogP contribution in [0.1, 0.15) is 58.4 Å². The van der Waals surface area contributed by atoms with Gasteiger partial charge in [0.15, 0.2) is 22.5 Å². The molecule has 2 aromatic rings. The maximum atomic E-state index is 12.4. The van der Waals surface area contributed by atoms with E-state index in [-0.39, 0.29) is 11.9 Å². The van der Waals surface area contributed by atoms with Crippen molar-refractivity contribution in [3.63, 3.8) is 0 Å². The first-order valence-electron chi connectivity index (χ1n) is 10.9. The Kier molecular flexibility index (Phi) is 6.82. The fraction of sp³-hybridized carbons (Fsp3) is 0.591. The molecule has 0 saturated heterocycles. The summed E-state index contributed by atoms with van der Waals surface area (Å²) in [6.07, 6.45) is 6.74. The van der Waals surface area contributed by atoms with E-state index in [2.05, 4.69) is 33.9 Å². The van der Waals surface area contributed by atoms with Crippen LogP contribution in [0.15, 0.2) is 23.4 Å². The third-order valence-corrected chi connectivity index (χ3v) is 6.43. The van der Waals surface area contributed by atoms with Crippen molar-refractivity contribution in [2.24, 2.45) is 0 Å². The number of nitrogens with zero attached hydrogens (tertiary/aromatic N) is 3. The zero-order valence-electron chi connectivity index (χ0n) is 17.7. The van der Waals surface area contributed by atoms with Crippen LogP contribution >= 0.6 is 11.8 Å². The molecule has 1 amide bonds. The summed E-state index contributed by atoms with van der Waals surface area (Å²) in [6, 6.07) is 6.37. The molecule has 0 bridgehead atoms. The van der Waals surface area contributed by atoms with E-state index >= 15 is 0 Å². The number of benzene rings is 1. The largest absolute Gasteiger partial charge is 0.490 e. The van der Waals surface area contributed by atoms with Gasteiger partial charge in [0.1, 0.15) is 0 Å². The van der Waals surface area contributed by atoms with Crippen molar-refractivity contribution in [2.75, 3.05) is 19.0 Å². The summed E-state index contributed by atoms with van der Waals surface area (Å²) < 4.78 is 13.6. The molecule has 4 rings (SSSR count). The maximum Gasteiger partial charge on any atom is 0.230 e. The molecule has 1 aliphatic carbocycles. The van der Waals surface area contributed by atoms with Gasteiger partial charge >= 0.3 is 0 Å². The summed E-state index contributed by atoms with van der Waals surface area (Å²) in [6.45, 7) is 5.51. The molecule has 0 atom stereocenters. The van der Waals surface area contributed by atoms with Crippen molar-refractivity contribution >= 4 is 17.7 Å². The molecule has 1 aliphatic heterocycles. The lowest BCUT2D eigenvalue weighted by atomic mass is 9.95. The van der Waals surface area contributed by atoms with Crippen LogP contribution in [0.25, 0.3) is 11.4 Å². The van der Waals surface area contributed by atoms with Gasteiger partial charge in [0.2, 0.25) is 5.91 Å². The standard InChI is InChI=1S/C22H30N4O3S/c1-15(2)26-21(16-9-10-18-19(13-16)29-12-6-11-28-18)24-25-22(26)30-14-20(27)23-17-7-4-3-5-8-17/h9-10,13,15,17H,3-8,11-12,14H2,1-2H3,(H,23,27). The average Bonchev–Trinajstić information content (AvgIpc) is 3.04. The molecular formula is C22H30N4O3S. The van der Waals surface area contributed by atoms with Crippen LogP contribution in [0, 0.1) is 0 Å². The molecule has 1 fully saturated rings. The number of nitrogens with one attached hydrogen (secondary N) is 1. The molecule has 1 saturated carbocycles. The van der Waals surface area contributed by atoms with E-state index < -0.39 is 0 Å². The monoisotopic (exact) mass is 430 g/mol. The first kappa shape index (κ1) is 21.0. The van der Waals surface area contributed by atoms with E-state index in [1.807, 2.05) is 18.2 Å². The van der Waals surface area contributed by atoms with Crippen LogP contribution in [0.3, 0.4) is 0 Å². The van der Waals surface area contributed by atoms with Gasteiger partial charge < -0.3 is 14.8 Å². The van der Waals surface area contributed by atoms with Gasteiger partial charge in [-0.1, -0.05) is 31.0 Å². The van der Waals surface area contributed by atoms with Gasteiger partial charge in [0.25, 0.3) is 0 Å². The van der Waals surface area contributed by atoms with E-state index in [1.165, 1.54) is 31.0 Å². The number of fused-ring (bicyclic) bond motifs is 1. The van der Waals surface area contributed by atoms with E-state index in [9.17, 15) is 4.79 Å². The lowest BCUT2D eigenvalue weighted by molar-refractivity contribution is -0.119. The van der Waals surface area contributed by atoms with Crippen LogP contribution in [0.5, 0.6) is 11.5 Å². The van der Waals surface area contributed by atoms with Gasteiger partial charge in [0, 0.05) is 24.1 Å². The Morgan fingerprint density at radius 1 is 1.13 bits per heavy atom. The predicted octanol–water partition coefficient (Wildman–Crippen LogP) is 4.23. The SMILES string of the molecule is CC(C)n1c(SCC(=O)NC2CCCCC2)nnc1-c1ccc2c(c1)OCCCO2. The Bertz CT molecular complexity index is 877. The highest BCUT2D eigenvalue weighted by atomic mass is 32.2. The Morgan fingerprint density at radius 2 is 1.90 bits per heavy atom. The number of ether oxygens (including phenoxy) is 2. The van der Waals surface area contributed by atoms with E-state index in [0.717, 1.165) is 47.3 Å². The van der Waals surface area contributed by atoms with Gasteiger partial charge in [-0.15, -0.1) is 10.2 Å². The number of aromatic nitrogens is 3. The summed E-state index contributed by atoms with van der Waals surface area (Å²) in [5.74, 6) is 2.70. The second-order valence-corrected chi connectivity index (χ2v) is 9.12. The van der Waals surface area contributed by atoms with Crippen molar-refractivity contribution in [1.82, 2.24) is 20.1 Å². The summed E-state index contributed by atoms with van der Waals surface area (Å²) in [5, 5.41) is 12.7. The third-order valence-electron chi connectivity index (χ3n) is 5.49. The summed E-state index contributed by atoms with van der Waals surface area (Å²) >= 11 is 1.44. The fourth-order valence-electron chi connectivity index (χ4n) is 3.99. The second-order valence-electron chi connectivity index (χ2n) is 8.17. The smallest absolute Gasteiger partial charge is 0.230 e. The number of hydrogen-bond donors (Lipinski definition) is 1. The van der Waals surface area contributed by atoms with Crippen LogP contribution in [-0.4, -0.2) is 45.7 Å². The van der Waals surface area contributed by atoms with Crippen molar-refractivity contribution in [1.29, 1.82) is 0 Å². The highest BCUT2D eigenvalue weighted by Crippen LogP contribution is 2.35. The van der Waals surface area contributed by atoms with Crippen LogP contribution in [0.2, 0.25) is 0 Å². The quantitative estimate of drug-likeness (QED) is 0.691. The van der Waals surface area contributed by atoms with Crippen LogP contribution < -0.4 is 14.8 Å². The summed E-state index contributed by atoms with van der Waals surface area (Å²) in [4.78, 5) is 12.4. The van der Waals surface area contributed by atoms with E-state index in [4.69, 9.17) is 9.47 Å². The number of carbonyl (C=O) groups excluding carboxylic acids is 1. The minimum atomic E-state index is 0.0716. The number of amides is 1. The zero-order chi connectivity index (χ0) is 20.9. The van der Waals surface area contributed by atoms with Crippen molar-refractivity contribution in [3.05, 3.63) is 18.2 Å². The average molecular weight is 431 g/mol. The number of rotatable bonds is 6. The highest BCUT2D eigenvalue weighted by molar-refractivity contribution is 7.99. The minimum Gasteiger partial charge on any atom is -0.490 e. The Labute approximate surface area is 181 Å². The van der Waals surface area contributed by atoms with Crippen LogP contribution in [0.4, 0.5) is 0 Å². The molecule has 0 unspecified atom stereocenters. The van der Waals surface area contributed by atoms with Gasteiger partial charge in [-0.2, -0.15) is 0 Å². The molecule has 2 aliphatic rings.